The molecule has 0 saturated carbocycles. The summed E-state index contributed by atoms with van der Waals surface area (Å²) in [7, 11) is 0. The Hall–Kier alpha value is -2.73. The van der Waals surface area contributed by atoms with E-state index >= 15 is 0 Å². The largest absolute Gasteiger partial charge is 0.394 e. The summed E-state index contributed by atoms with van der Waals surface area (Å²) in [4.78, 5) is 16.9. The summed E-state index contributed by atoms with van der Waals surface area (Å²) in [6, 6.07) is 7.95. The standard InChI is InChI=1S/C21H24FN3O2/c1-21(2,3)19(13-26)24-20(27)16-8-15-9-23-10-18(15)25(12-16)11-14-6-4-5-7-17(14)22/h4-10,12,19,26H,11,13H2,1-3H3,(H,24,27)/t19-/m1/s1. The zero-order valence-electron chi connectivity index (χ0n) is 15.7. The second kappa shape index (κ2) is 7.48. The third-order valence-corrected chi connectivity index (χ3v) is 4.72. The number of benzene rings is 1. The number of carbonyl (C=O) groups excluding carboxylic acids is 1. The Bertz CT molecular complexity index is 914. The highest BCUT2D eigenvalue weighted by atomic mass is 19.1. The summed E-state index contributed by atoms with van der Waals surface area (Å²) in [6.07, 6.45) is 5.07. The maximum absolute atomic E-state index is 14.1. The van der Waals surface area contributed by atoms with Crippen LogP contribution in [0.2, 0.25) is 0 Å². The van der Waals surface area contributed by atoms with Crippen molar-refractivity contribution in [2.45, 2.75) is 33.4 Å². The Kier molecular flexibility index (Phi) is 5.28. The molecule has 0 fully saturated rings. The van der Waals surface area contributed by atoms with Gasteiger partial charge in [-0.15, -0.1) is 0 Å². The predicted molar refractivity (Wildman–Crippen MR) is 102 cm³/mol. The lowest BCUT2D eigenvalue weighted by molar-refractivity contribution is 0.0847. The summed E-state index contributed by atoms with van der Waals surface area (Å²) in [6.45, 7) is 6.01. The fraction of sp³-hybridized carbons (Fsp3) is 0.333. The molecule has 2 aliphatic heterocycles. The van der Waals surface area contributed by atoms with Crippen LogP contribution in [0.15, 0.2) is 48.9 Å². The number of nitrogens with zero attached hydrogens (tertiary/aromatic N) is 2. The van der Waals surface area contributed by atoms with Gasteiger partial charge in [-0.2, -0.15) is 0 Å². The zero-order chi connectivity index (χ0) is 19.6. The molecule has 0 radical (unpaired) electrons. The van der Waals surface area contributed by atoms with Crippen LogP contribution >= 0.6 is 0 Å². The molecule has 0 aliphatic carbocycles. The Morgan fingerprint density at radius 3 is 2.70 bits per heavy atom. The summed E-state index contributed by atoms with van der Waals surface area (Å²) in [5.74, 6) is -0.574. The lowest BCUT2D eigenvalue weighted by Gasteiger charge is -2.30. The quantitative estimate of drug-likeness (QED) is 0.725. The molecule has 1 aromatic rings. The molecular formula is C21H24FN3O2. The van der Waals surface area contributed by atoms with Crippen molar-refractivity contribution in [2.24, 2.45) is 5.41 Å². The van der Waals surface area contributed by atoms with Crippen molar-refractivity contribution >= 4 is 5.91 Å². The van der Waals surface area contributed by atoms with Gasteiger partial charge in [0.2, 0.25) is 0 Å². The molecule has 1 atom stereocenters. The lowest BCUT2D eigenvalue weighted by atomic mass is 9.87. The van der Waals surface area contributed by atoms with E-state index in [2.05, 4.69) is 10.3 Å². The molecule has 2 heterocycles. The van der Waals surface area contributed by atoms with E-state index in [1.54, 1.807) is 42.9 Å². The molecule has 6 heteroatoms. The van der Waals surface area contributed by atoms with Crippen LogP contribution in [0.25, 0.3) is 11.3 Å². The van der Waals surface area contributed by atoms with E-state index in [4.69, 9.17) is 0 Å². The predicted octanol–water partition coefficient (Wildman–Crippen LogP) is 3.31. The number of halogens is 1. The van der Waals surface area contributed by atoms with E-state index < -0.39 is 0 Å². The molecular weight excluding hydrogens is 345 g/mol. The number of aliphatic hydroxyl groups is 1. The smallest absolute Gasteiger partial charge is 0.253 e. The van der Waals surface area contributed by atoms with Gasteiger partial charge < -0.3 is 15.0 Å². The van der Waals surface area contributed by atoms with E-state index in [0.717, 1.165) is 11.3 Å². The first-order valence-corrected chi connectivity index (χ1v) is 8.88. The first kappa shape index (κ1) is 19.0. The van der Waals surface area contributed by atoms with Gasteiger partial charge in [0, 0.05) is 23.5 Å². The zero-order valence-corrected chi connectivity index (χ0v) is 15.7. The van der Waals surface area contributed by atoms with Gasteiger partial charge in [0.05, 0.1) is 36.6 Å². The number of carbonyl (C=O) groups is 1. The van der Waals surface area contributed by atoms with Crippen LogP contribution in [-0.2, 0) is 6.54 Å². The molecule has 1 aromatic carbocycles. The van der Waals surface area contributed by atoms with Crippen LogP contribution in [0.5, 0.6) is 0 Å². The minimum Gasteiger partial charge on any atom is -0.394 e. The Morgan fingerprint density at radius 1 is 1.30 bits per heavy atom. The van der Waals surface area contributed by atoms with Gasteiger partial charge in [-0.3, -0.25) is 9.78 Å². The highest BCUT2D eigenvalue weighted by Crippen LogP contribution is 2.25. The van der Waals surface area contributed by atoms with Crippen molar-refractivity contribution in [3.63, 3.8) is 0 Å². The molecule has 1 amide bonds. The van der Waals surface area contributed by atoms with Gasteiger partial charge in [-0.05, 0) is 17.5 Å². The van der Waals surface area contributed by atoms with Crippen LogP contribution in [0.3, 0.4) is 0 Å². The number of pyridine rings is 1. The fourth-order valence-electron chi connectivity index (χ4n) is 2.96. The van der Waals surface area contributed by atoms with Crippen LogP contribution < -0.4 is 5.32 Å². The molecule has 27 heavy (non-hydrogen) atoms. The van der Waals surface area contributed by atoms with Crippen molar-refractivity contribution in [2.75, 3.05) is 6.61 Å². The molecule has 142 valence electrons. The van der Waals surface area contributed by atoms with E-state index in [9.17, 15) is 14.3 Å². The van der Waals surface area contributed by atoms with Crippen molar-refractivity contribution in [3.05, 3.63) is 65.9 Å². The average molecular weight is 369 g/mol. The summed E-state index contributed by atoms with van der Waals surface area (Å²) in [5, 5.41) is 12.5. The molecule has 0 saturated heterocycles. The topological polar surface area (TPSA) is 67.2 Å². The third kappa shape index (κ3) is 4.17. The summed E-state index contributed by atoms with van der Waals surface area (Å²) >= 11 is 0. The highest BCUT2D eigenvalue weighted by Gasteiger charge is 2.26. The maximum atomic E-state index is 14.1. The molecule has 2 aliphatic rings. The van der Waals surface area contributed by atoms with Crippen molar-refractivity contribution in [1.82, 2.24) is 14.9 Å². The molecule has 0 aromatic heterocycles. The van der Waals surface area contributed by atoms with Crippen LogP contribution in [0.1, 0.15) is 36.7 Å². The van der Waals surface area contributed by atoms with Crippen LogP contribution in [0, 0.1) is 11.2 Å². The molecule has 0 unspecified atom stereocenters. The minimum atomic E-state index is -0.376. The van der Waals surface area contributed by atoms with E-state index in [0.29, 0.717) is 17.7 Å². The van der Waals surface area contributed by atoms with Crippen molar-refractivity contribution in [3.8, 4) is 11.3 Å². The van der Waals surface area contributed by atoms with Gasteiger partial charge in [0.25, 0.3) is 5.91 Å². The van der Waals surface area contributed by atoms with Crippen molar-refractivity contribution < 1.29 is 14.3 Å². The number of aromatic nitrogens is 2. The molecule has 0 spiro atoms. The van der Waals surface area contributed by atoms with Gasteiger partial charge in [-0.25, -0.2) is 4.39 Å². The molecule has 3 rings (SSSR count). The Morgan fingerprint density at radius 2 is 2.04 bits per heavy atom. The van der Waals surface area contributed by atoms with Crippen LogP contribution in [-0.4, -0.2) is 33.2 Å². The first-order chi connectivity index (χ1) is 12.8. The van der Waals surface area contributed by atoms with E-state index in [1.165, 1.54) is 6.07 Å². The maximum Gasteiger partial charge on any atom is 0.253 e. The average Bonchev–Trinajstić information content (AvgIpc) is 3.09. The highest BCUT2D eigenvalue weighted by molar-refractivity contribution is 5.95. The second-order valence-corrected chi connectivity index (χ2v) is 7.77. The number of nitrogens with one attached hydrogen (secondary N) is 1. The van der Waals surface area contributed by atoms with Gasteiger partial charge in [0.15, 0.2) is 0 Å². The fourth-order valence-corrected chi connectivity index (χ4v) is 2.96. The first-order valence-electron chi connectivity index (χ1n) is 8.88. The number of amides is 1. The van der Waals surface area contributed by atoms with Gasteiger partial charge >= 0.3 is 0 Å². The van der Waals surface area contributed by atoms with Crippen molar-refractivity contribution in [1.29, 1.82) is 0 Å². The molecule has 5 nitrogen and oxygen atoms in total. The number of hydrogen-bond donors (Lipinski definition) is 2. The molecule has 2 N–H and O–H groups in total. The second-order valence-electron chi connectivity index (χ2n) is 7.77. The minimum absolute atomic E-state index is 0.148. The monoisotopic (exact) mass is 369 g/mol. The van der Waals surface area contributed by atoms with Gasteiger partial charge in [0.1, 0.15) is 5.82 Å². The summed E-state index contributed by atoms with van der Waals surface area (Å²) in [5.41, 5.74) is 2.32. The molecule has 0 bridgehead atoms. The number of aliphatic hydroxyl groups excluding tert-OH is 1. The summed E-state index contributed by atoms with van der Waals surface area (Å²) < 4.78 is 15.9. The van der Waals surface area contributed by atoms with E-state index in [1.807, 2.05) is 25.3 Å². The van der Waals surface area contributed by atoms with Gasteiger partial charge in [-0.1, -0.05) is 39.0 Å². The van der Waals surface area contributed by atoms with E-state index in [-0.39, 0.29) is 29.8 Å². The number of rotatable bonds is 5. The number of hydrogen-bond acceptors (Lipinski definition) is 3. The number of fused-ring (bicyclic) bond motifs is 1. The lowest BCUT2D eigenvalue weighted by Crippen LogP contribution is -2.46. The Labute approximate surface area is 158 Å². The Balaban J connectivity index is 1.94. The van der Waals surface area contributed by atoms with Crippen LogP contribution in [0.4, 0.5) is 4.39 Å². The third-order valence-electron chi connectivity index (χ3n) is 4.72. The SMILES string of the molecule is CC(C)(C)[C@@H](CO)NC(=O)c1cc2cncc-2n(Cc2ccccc2F)c1. The normalized spacial score (nSPS) is 12.9.